The lowest BCUT2D eigenvalue weighted by Crippen LogP contribution is -2.21. The van der Waals surface area contributed by atoms with Crippen LogP contribution < -0.4 is 5.32 Å². The molecule has 0 radical (unpaired) electrons. The van der Waals surface area contributed by atoms with Crippen LogP contribution in [0.1, 0.15) is 36.8 Å². The Morgan fingerprint density at radius 2 is 1.86 bits per heavy atom. The Hall–Kier alpha value is -1.12. The summed E-state index contributed by atoms with van der Waals surface area (Å²) in [4.78, 5) is 0. The molecule has 0 heterocycles. The molecule has 0 aliphatic heterocycles. The summed E-state index contributed by atoms with van der Waals surface area (Å²) in [6.45, 7) is 4.26. The van der Waals surface area contributed by atoms with Crippen molar-refractivity contribution in [2.45, 2.75) is 32.1 Å². The first-order valence-electron chi connectivity index (χ1n) is 7.79. The SMILES string of the molecule is CCNCC(CCCc1ccccc1)c1cccc(Br)c1. The zero-order chi connectivity index (χ0) is 14.9. The fraction of sp³-hybridized carbons (Fsp3) is 0.368. The van der Waals surface area contributed by atoms with Gasteiger partial charge in [0.15, 0.2) is 0 Å². The Morgan fingerprint density at radius 1 is 1.05 bits per heavy atom. The summed E-state index contributed by atoms with van der Waals surface area (Å²) in [7, 11) is 0. The van der Waals surface area contributed by atoms with Crippen LogP contribution in [0.4, 0.5) is 0 Å². The van der Waals surface area contributed by atoms with Crippen LogP contribution in [0.2, 0.25) is 0 Å². The quantitative estimate of drug-likeness (QED) is 0.696. The highest BCUT2D eigenvalue weighted by Gasteiger charge is 2.11. The summed E-state index contributed by atoms with van der Waals surface area (Å²) in [5.74, 6) is 0.589. The summed E-state index contributed by atoms with van der Waals surface area (Å²) < 4.78 is 1.17. The van der Waals surface area contributed by atoms with Crippen molar-refractivity contribution in [3.8, 4) is 0 Å². The molecule has 0 saturated carbocycles. The molecule has 0 spiro atoms. The zero-order valence-electron chi connectivity index (χ0n) is 12.7. The first-order valence-corrected chi connectivity index (χ1v) is 8.59. The van der Waals surface area contributed by atoms with Crippen molar-refractivity contribution < 1.29 is 0 Å². The first-order chi connectivity index (χ1) is 10.3. The van der Waals surface area contributed by atoms with Crippen molar-refractivity contribution in [3.63, 3.8) is 0 Å². The Labute approximate surface area is 136 Å². The fourth-order valence-electron chi connectivity index (χ4n) is 2.66. The number of likely N-dealkylation sites (N-methyl/N-ethyl adjacent to an activating group) is 1. The van der Waals surface area contributed by atoms with Gasteiger partial charge in [-0.05, 0) is 55.0 Å². The van der Waals surface area contributed by atoms with Crippen molar-refractivity contribution in [3.05, 3.63) is 70.2 Å². The van der Waals surface area contributed by atoms with E-state index >= 15 is 0 Å². The molecule has 2 aromatic carbocycles. The van der Waals surface area contributed by atoms with E-state index in [9.17, 15) is 0 Å². The van der Waals surface area contributed by atoms with E-state index in [4.69, 9.17) is 0 Å². The second-order valence-corrected chi connectivity index (χ2v) is 6.35. The summed E-state index contributed by atoms with van der Waals surface area (Å²) in [6.07, 6.45) is 3.61. The van der Waals surface area contributed by atoms with E-state index in [2.05, 4.69) is 82.8 Å². The highest BCUT2D eigenvalue weighted by Crippen LogP contribution is 2.24. The molecule has 0 aliphatic carbocycles. The molecule has 0 bridgehead atoms. The highest BCUT2D eigenvalue weighted by molar-refractivity contribution is 9.10. The van der Waals surface area contributed by atoms with Crippen molar-refractivity contribution in [2.75, 3.05) is 13.1 Å². The van der Waals surface area contributed by atoms with Crippen LogP contribution >= 0.6 is 15.9 Å². The third kappa shape index (κ3) is 5.64. The van der Waals surface area contributed by atoms with E-state index in [1.165, 1.54) is 28.4 Å². The average Bonchev–Trinajstić information content (AvgIpc) is 2.51. The third-order valence-corrected chi connectivity index (χ3v) is 4.31. The van der Waals surface area contributed by atoms with Crippen molar-refractivity contribution in [1.82, 2.24) is 5.32 Å². The van der Waals surface area contributed by atoms with Gasteiger partial charge < -0.3 is 5.32 Å². The Morgan fingerprint density at radius 3 is 2.57 bits per heavy atom. The fourth-order valence-corrected chi connectivity index (χ4v) is 3.08. The molecule has 2 rings (SSSR count). The molecular formula is C19H24BrN. The Bertz CT molecular complexity index is 524. The van der Waals surface area contributed by atoms with E-state index < -0.39 is 0 Å². The maximum absolute atomic E-state index is 3.58. The van der Waals surface area contributed by atoms with Gasteiger partial charge in [0, 0.05) is 11.0 Å². The van der Waals surface area contributed by atoms with Gasteiger partial charge >= 0.3 is 0 Å². The van der Waals surface area contributed by atoms with E-state index in [-0.39, 0.29) is 0 Å². The second kappa shape index (κ2) is 9.01. The van der Waals surface area contributed by atoms with Crippen LogP contribution in [0.5, 0.6) is 0 Å². The minimum Gasteiger partial charge on any atom is -0.316 e. The monoisotopic (exact) mass is 345 g/mol. The van der Waals surface area contributed by atoms with Gasteiger partial charge in [0.05, 0.1) is 0 Å². The smallest absolute Gasteiger partial charge is 0.0178 e. The Kier molecular flexibility index (Phi) is 6.98. The lowest BCUT2D eigenvalue weighted by Gasteiger charge is -2.18. The van der Waals surface area contributed by atoms with Gasteiger partial charge in [0.2, 0.25) is 0 Å². The number of nitrogens with one attached hydrogen (secondary N) is 1. The van der Waals surface area contributed by atoms with Gasteiger partial charge in [-0.25, -0.2) is 0 Å². The van der Waals surface area contributed by atoms with Gasteiger partial charge in [-0.2, -0.15) is 0 Å². The highest BCUT2D eigenvalue weighted by atomic mass is 79.9. The molecule has 1 N–H and O–H groups in total. The molecule has 0 aliphatic rings. The normalized spacial score (nSPS) is 12.3. The molecule has 2 aromatic rings. The molecule has 1 unspecified atom stereocenters. The summed E-state index contributed by atoms with van der Waals surface area (Å²) in [5, 5.41) is 3.50. The lowest BCUT2D eigenvalue weighted by atomic mass is 9.92. The summed E-state index contributed by atoms with van der Waals surface area (Å²) >= 11 is 3.58. The summed E-state index contributed by atoms with van der Waals surface area (Å²) in [6, 6.07) is 19.5. The van der Waals surface area contributed by atoms with Crippen LogP contribution in [-0.4, -0.2) is 13.1 Å². The van der Waals surface area contributed by atoms with Gasteiger partial charge in [-0.3, -0.25) is 0 Å². The molecule has 1 nitrogen and oxygen atoms in total. The van der Waals surface area contributed by atoms with Gasteiger partial charge in [0.25, 0.3) is 0 Å². The molecule has 21 heavy (non-hydrogen) atoms. The predicted molar refractivity (Wildman–Crippen MR) is 94.8 cm³/mol. The van der Waals surface area contributed by atoms with E-state index in [0.717, 1.165) is 19.5 Å². The van der Waals surface area contributed by atoms with Crippen LogP contribution in [0.3, 0.4) is 0 Å². The largest absolute Gasteiger partial charge is 0.316 e. The van der Waals surface area contributed by atoms with Crippen molar-refractivity contribution in [1.29, 1.82) is 0 Å². The van der Waals surface area contributed by atoms with Crippen LogP contribution in [0.25, 0.3) is 0 Å². The average molecular weight is 346 g/mol. The maximum Gasteiger partial charge on any atom is 0.0178 e. The minimum absolute atomic E-state index is 0.589. The number of aryl methyl sites for hydroxylation is 1. The summed E-state index contributed by atoms with van der Waals surface area (Å²) in [5.41, 5.74) is 2.87. The van der Waals surface area contributed by atoms with E-state index in [1.807, 2.05) is 0 Å². The topological polar surface area (TPSA) is 12.0 Å². The number of benzene rings is 2. The van der Waals surface area contributed by atoms with Crippen molar-refractivity contribution in [2.24, 2.45) is 0 Å². The number of halogens is 1. The molecule has 2 heteroatoms. The molecule has 0 fully saturated rings. The van der Waals surface area contributed by atoms with Gasteiger partial charge in [-0.1, -0.05) is 65.3 Å². The number of hydrogen-bond acceptors (Lipinski definition) is 1. The van der Waals surface area contributed by atoms with Crippen LogP contribution in [0, 0.1) is 0 Å². The standard InChI is InChI=1S/C19H24BrN/c1-2-21-15-18(17-11-7-13-19(20)14-17)12-6-10-16-8-4-3-5-9-16/h3-5,7-9,11,13-14,18,21H,2,6,10,12,15H2,1H3. The Balaban J connectivity index is 1.93. The molecule has 0 amide bonds. The zero-order valence-corrected chi connectivity index (χ0v) is 14.3. The lowest BCUT2D eigenvalue weighted by molar-refractivity contribution is 0.542. The minimum atomic E-state index is 0.589. The van der Waals surface area contributed by atoms with E-state index in [0.29, 0.717) is 5.92 Å². The molecular weight excluding hydrogens is 322 g/mol. The first kappa shape index (κ1) is 16.3. The predicted octanol–water partition coefficient (Wildman–Crippen LogP) is 5.17. The van der Waals surface area contributed by atoms with Gasteiger partial charge in [0.1, 0.15) is 0 Å². The van der Waals surface area contributed by atoms with Crippen LogP contribution in [-0.2, 0) is 6.42 Å². The number of rotatable bonds is 8. The maximum atomic E-state index is 3.58. The second-order valence-electron chi connectivity index (χ2n) is 5.44. The molecule has 1 atom stereocenters. The van der Waals surface area contributed by atoms with Crippen molar-refractivity contribution >= 4 is 15.9 Å². The third-order valence-electron chi connectivity index (χ3n) is 3.82. The molecule has 0 saturated heterocycles. The van der Waals surface area contributed by atoms with Crippen LogP contribution in [0.15, 0.2) is 59.1 Å². The molecule has 0 aromatic heterocycles. The molecule has 112 valence electrons. The number of hydrogen-bond donors (Lipinski definition) is 1. The van der Waals surface area contributed by atoms with Gasteiger partial charge in [-0.15, -0.1) is 0 Å². The van der Waals surface area contributed by atoms with E-state index in [1.54, 1.807) is 0 Å².